The fourth-order valence-electron chi connectivity index (χ4n) is 3.06. The number of nitrogens with two attached hydrogens (primary N) is 1. The number of anilines is 1. The molecule has 4 nitrogen and oxygen atoms in total. The molecule has 2 aromatic heterocycles. The lowest BCUT2D eigenvalue weighted by atomic mass is 10.0. The Kier molecular flexibility index (Phi) is 3.30. The van der Waals surface area contributed by atoms with Gasteiger partial charge in [0, 0.05) is 18.5 Å². The summed E-state index contributed by atoms with van der Waals surface area (Å²) in [5, 5.41) is 6.67. The van der Waals surface area contributed by atoms with Crippen molar-refractivity contribution in [3.05, 3.63) is 33.1 Å². The van der Waals surface area contributed by atoms with Crippen molar-refractivity contribution in [1.82, 2.24) is 9.78 Å². The van der Waals surface area contributed by atoms with Crippen LogP contribution in [-0.2, 0) is 13.5 Å². The molecule has 1 atom stereocenters. The van der Waals surface area contributed by atoms with Gasteiger partial charge in [-0.05, 0) is 37.3 Å². The van der Waals surface area contributed by atoms with Gasteiger partial charge in [0.25, 0.3) is 0 Å². The zero-order valence-electron chi connectivity index (χ0n) is 11.9. The van der Waals surface area contributed by atoms with E-state index in [1.54, 1.807) is 0 Å². The first-order valence-electron chi connectivity index (χ1n) is 6.67. The van der Waals surface area contributed by atoms with E-state index in [2.05, 4.69) is 28.4 Å². The molecular formula is C14H18N4S2. The molecule has 2 N–H and O–H groups in total. The second-order valence-electron chi connectivity index (χ2n) is 5.19. The minimum absolute atomic E-state index is 0.327. The molecule has 0 radical (unpaired) electrons. The van der Waals surface area contributed by atoms with Crippen molar-refractivity contribution < 1.29 is 0 Å². The molecule has 3 heterocycles. The fourth-order valence-corrected chi connectivity index (χ4v) is 4.26. The maximum atomic E-state index is 5.91. The molecule has 1 aliphatic rings. The summed E-state index contributed by atoms with van der Waals surface area (Å²) in [6, 6.07) is 2.55. The first-order valence-corrected chi connectivity index (χ1v) is 7.95. The second kappa shape index (κ2) is 4.86. The molecule has 2 aromatic rings. The molecule has 0 fully saturated rings. The molecule has 0 saturated heterocycles. The van der Waals surface area contributed by atoms with Crippen molar-refractivity contribution in [2.45, 2.75) is 26.3 Å². The minimum atomic E-state index is 0.327. The lowest BCUT2D eigenvalue weighted by Gasteiger charge is -2.35. The highest BCUT2D eigenvalue weighted by Crippen LogP contribution is 2.37. The van der Waals surface area contributed by atoms with Crippen LogP contribution >= 0.6 is 23.6 Å². The Balaban J connectivity index is 2.09. The van der Waals surface area contributed by atoms with E-state index in [9.17, 15) is 0 Å². The summed E-state index contributed by atoms with van der Waals surface area (Å²) in [5.41, 5.74) is 9.13. The Hall–Kier alpha value is -1.40. The molecule has 0 aromatic carbocycles. The van der Waals surface area contributed by atoms with Crippen LogP contribution in [0.4, 0.5) is 5.82 Å². The van der Waals surface area contributed by atoms with Crippen molar-refractivity contribution in [3.8, 4) is 0 Å². The van der Waals surface area contributed by atoms with Crippen LogP contribution in [0.5, 0.6) is 0 Å². The van der Waals surface area contributed by atoms with Gasteiger partial charge in [-0.1, -0.05) is 12.2 Å². The molecule has 0 saturated carbocycles. The number of hydrogen-bond donors (Lipinski definition) is 1. The Labute approximate surface area is 128 Å². The maximum absolute atomic E-state index is 5.91. The molecule has 0 amide bonds. The van der Waals surface area contributed by atoms with Gasteiger partial charge in [-0.25, -0.2) is 0 Å². The lowest BCUT2D eigenvalue weighted by Crippen LogP contribution is -2.35. The quantitative estimate of drug-likeness (QED) is 0.866. The van der Waals surface area contributed by atoms with E-state index in [-0.39, 0.29) is 0 Å². The SMILES string of the molecule is Cc1nn(C)c(N2CCc3sccc3C2C)c1C(N)=S. The monoisotopic (exact) mass is 306 g/mol. The zero-order chi connectivity index (χ0) is 14.4. The van der Waals surface area contributed by atoms with Gasteiger partial charge in [-0.3, -0.25) is 4.68 Å². The fraction of sp³-hybridized carbons (Fsp3) is 0.429. The van der Waals surface area contributed by atoms with Gasteiger partial charge >= 0.3 is 0 Å². The van der Waals surface area contributed by atoms with Gasteiger partial charge in [0.2, 0.25) is 0 Å². The van der Waals surface area contributed by atoms with E-state index < -0.39 is 0 Å². The predicted octanol–water partition coefficient (Wildman–Crippen LogP) is 2.55. The summed E-state index contributed by atoms with van der Waals surface area (Å²) in [4.78, 5) is 4.28. The lowest BCUT2D eigenvalue weighted by molar-refractivity contribution is 0.599. The van der Waals surface area contributed by atoms with Crippen LogP contribution in [0, 0.1) is 6.92 Å². The van der Waals surface area contributed by atoms with Crippen molar-refractivity contribution >= 4 is 34.4 Å². The molecular weight excluding hydrogens is 288 g/mol. The molecule has 0 spiro atoms. The number of thiophene rings is 1. The number of hydrogen-bond acceptors (Lipinski definition) is 4. The van der Waals surface area contributed by atoms with E-state index >= 15 is 0 Å². The highest BCUT2D eigenvalue weighted by Gasteiger charge is 2.30. The van der Waals surface area contributed by atoms with Crippen molar-refractivity contribution in [1.29, 1.82) is 0 Å². The summed E-state index contributed by atoms with van der Waals surface area (Å²) < 4.78 is 1.90. The maximum Gasteiger partial charge on any atom is 0.137 e. The van der Waals surface area contributed by atoms with Crippen LogP contribution in [0.1, 0.15) is 34.7 Å². The van der Waals surface area contributed by atoms with E-state index in [4.69, 9.17) is 18.0 Å². The predicted molar refractivity (Wildman–Crippen MR) is 87.6 cm³/mol. The second-order valence-corrected chi connectivity index (χ2v) is 6.63. The van der Waals surface area contributed by atoms with Gasteiger partial charge in [0.15, 0.2) is 0 Å². The van der Waals surface area contributed by atoms with Crippen molar-refractivity contribution in [2.75, 3.05) is 11.4 Å². The summed E-state index contributed by atoms with van der Waals surface area (Å²) in [6.45, 7) is 5.17. The average Bonchev–Trinajstić information content (AvgIpc) is 2.95. The van der Waals surface area contributed by atoms with Gasteiger partial charge < -0.3 is 10.6 Å². The van der Waals surface area contributed by atoms with Crippen LogP contribution in [-0.4, -0.2) is 21.3 Å². The average molecular weight is 306 g/mol. The Bertz CT molecular complexity index is 671. The summed E-state index contributed by atoms with van der Waals surface area (Å²) >= 11 is 7.07. The third-order valence-electron chi connectivity index (χ3n) is 3.99. The van der Waals surface area contributed by atoms with Gasteiger partial charge in [0.1, 0.15) is 10.8 Å². The van der Waals surface area contributed by atoms with Gasteiger partial charge in [-0.2, -0.15) is 5.10 Å². The van der Waals surface area contributed by atoms with Crippen molar-refractivity contribution in [2.24, 2.45) is 12.8 Å². The largest absolute Gasteiger partial charge is 0.389 e. The minimum Gasteiger partial charge on any atom is -0.389 e. The topological polar surface area (TPSA) is 47.1 Å². The first-order chi connectivity index (χ1) is 9.50. The summed E-state index contributed by atoms with van der Waals surface area (Å²) in [6.07, 6.45) is 1.07. The van der Waals surface area contributed by atoms with Gasteiger partial charge in [-0.15, -0.1) is 11.3 Å². The van der Waals surface area contributed by atoms with E-state index in [1.165, 1.54) is 10.4 Å². The molecule has 6 heteroatoms. The molecule has 3 rings (SSSR count). The molecule has 20 heavy (non-hydrogen) atoms. The van der Waals surface area contributed by atoms with Crippen LogP contribution in [0.15, 0.2) is 11.4 Å². The summed E-state index contributed by atoms with van der Waals surface area (Å²) in [7, 11) is 1.96. The van der Waals surface area contributed by atoms with E-state index in [1.807, 2.05) is 30.0 Å². The normalized spacial score (nSPS) is 18.1. The third-order valence-corrected chi connectivity index (χ3v) is 5.19. The van der Waals surface area contributed by atoms with Crippen molar-refractivity contribution in [3.63, 3.8) is 0 Å². The molecule has 0 bridgehead atoms. The number of thiocarbonyl (C=S) groups is 1. The number of aromatic nitrogens is 2. The van der Waals surface area contributed by atoms with Crippen LogP contribution in [0.2, 0.25) is 0 Å². The Morgan fingerprint density at radius 3 is 3.00 bits per heavy atom. The smallest absolute Gasteiger partial charge is 0.137 e. The number of nitrogens with zero attached hydrogens (tertiary/aromatic N) is 3. The van der Waals surface area contributed by atoms with Gasteiger partial charge in [0.05, 0.1) is 17.3 Å². The van der Waals surface area contributed by atoms with E-state index in [0.29, 0.717) is 11.0 Å². The van der Waals surface area contributed by atoms with Crippen LogP contribution in [0.25, 0.3) is 0 Å². The number of rotatable bonds is 2. The zero-order valence-corrected chi connectivity index (χ0v) is 13.5. The van der Waals surface area contributed by atoms with Crippen LogP contribution in [0.3, 0.4) is 0 Å². The van der Waals surface area contributed by atoms with E-state index in [0.717, 1.165) is 30.0 Å². The third kappa shape index (κ3) is 1.94. The summed E-state index contributed by atoms with van der Waals surface area (Å²) in [5.74, 6) is 1.04. The first kappa shape index (κ1) is 13.6. The Morgan fingerprint density at radius 1 is 1.55 bits per heavy atom. The number of aryl methyl sites for hydroxylation is 2. The molecule has 106 valence electrons. The highest BCUT2D eigenvalue weighted by atomic mass is 32.1. The number of fused-ring (bicyclic) bond motifs is 1. The highest BCUT2D eigenvalue weighted by molar-refractivity contribution is 7.80. The molecule has 0 aliphatic carbocycles. The Morgan fingerprint density at radius 2 is 2.30 bits per heavy atom. The molecule has 1 aliphatic heterocycles. The van der Waals surface area contributed by atoms with Crippen LogP contribution < -0.4 is 10.6 Å². The standard InChI is InChI=1S/C14H18N4S2/c1-8-12(13(15)19)14(17(3)16-8)18-6-4-11-10(9(18)2)5-7-20-11/h5,7,9H,4,6H2,1-3H3,(H2,15,19). The molecule has 1 unspecified atom stereocenters.